The van der Waals surface area contributed by atoms with Gasteiger partial charge in [0.2, 0.25) is 0 Å². The molecular weight excluding hydrogens is 543 g/mol. The van der Waals surface area contributed by atoms with E-state index in [1.807, 2.05) is 12.1 Å². The molecule has 0 N–H and O–H groups in total. The van der Waals surface area contributed by atoms with Crippen LogP contribution in [-0.4, -0.2) is 6.61 Å². The molecule has 0 aliphatic carbocycles. The first-order valence-electron chi connectivity index (χ1n) is 14.8. The molecule has 2 unspecified atom stereocenters. The summed E-state index contributed by atoms with van der Waals surface area (Å²) in [6, 6.07) is 18.5. The van der Waals surface area contributed by atoms with Gasteiger partial charge in [0.25, 0.3) is 0 Å². The smallest absolute Gasteiger partial charge is 0.167 e. The molecule has 0 spiro atoms. The van der Waals surface area contributed by atoms with Gasteiger partial charge in [-0.2, -0.15) is 0 Å². The molecule has 1 fully saturated rings. The topological polar surface area (TPSA) is 9.23 Å². The second kappa shape index (κ2) is 13.6. The summed E-state index contributed by atoms with van der Waals surface area (Å²) >= 11 is 0. The van der Waals surface area contributed by atoms with E-state index in [4.69, 9.17) is 4.74 Å². The molecule has 1 aliphatic heterocycles. The highest BCUT2D eigenvalue weighted by Crippen LogP contribution is 2.37. The summed E-state index contributed by atoms with van der Waals surface area (Å²) in [5.74, 6) is -3.75. The van der Waals surface area contributed by atoms with Gasteiger partial charge in [-0.05, 0) is 78.5 Å². The van der Waals surface area contributed by atoms with E-state index in [1.165, 1.54) is 31.4 Å². The lowest BCUT2D eigenvalue weighted by atomic mass is 9.90. The van der Waals surface area contributed by atoms with Gasteiger partial charge in [0.1, 0.15) is 5.82 Å². The van der Waals surface area contributed by atoms with Crippen LogP contribution in [0.4, 0.5) is 22.0 Å². The van der Waals surface area contributed by atoms with Gasteiger partial charge in [0, 0.05) is 16.7 Å². The first-order chi connectivity index (χ1) is 20.3. The zero-order valence-electron chi connectivity index (χ0n) is 23.7. The van der Waals surface area contributed by atoms with E-state index in [2.05, 4.69) is 6.92 Å². The monoisotopic (exact) mass is 578 g/mol. The average Bonchev–Trinajstić information content (AvgIpc) is 3.00. The first-order valence-corrected chi connectivity index (χ1v) is 14.8. The molecule has 4 aromatic rings. The Morgan fingerprint density at radius 2 is 1.36 bits per heavy atom. The molecule has 6 heteroatoms. The highest BCUT2D eigenvalue weighted by atomic mass is 19.2. The third kappa shape index (κ3) is 6.92. The molecule has 2 atom stereocenters. The van der Waals surface area contributed by atoms with Crippen LogP contribution in [-0.2, 0) is 17.6 Å². The van der Waals surface area contributed by atoms with E-state index < -0.39 is 35.2 Å². The Balaban J connectivity index is 1.20. The van der Waals surface area contributed by atoms with Crippen LogP contribution in [0.3, 0.4) is 0 Å². The number of ether oxygens (including phenoxy) is 1. The van der Waals surface area contributed by atoms with Crippen molar-refractivity contribution in [2.75, 3.05) is 6.61 Å². The molecule has 1 saturated heterocycles. The predicted molar refractivity (Wildman–Crippen MR) is 157 cm³/mol. The van der Waals surface area contributed by atoms with Crippen LogP contribution < -0.4 is 0 Å². The number of halogens is 5. The fourth-order valence-corrected chi connectivity index (χ4v) is 5.75. The molecule has 0 aromatic heterocycles. The van der Waals surface area contributed by atoms with Crippen LogP contribution in [0.15, 0.2) is 72.8 Å². The van der Waals surface area contributed by atoms with Gasteiger partial charge in [0.05, 0.1) is 12.7 Å². The van der Waals surface area contributed by atoms with Crippen molar-refractivity contribution in [1.29, 1.82) is 0 Å². The Morgan fingerprint density at radius 3 is 2.05 bits per heavy atom. The second-order valence-electron chi connectivity index (χ2n) is 11.2. The average molecular weight is 579 g/mol. The molecule has 0 saturated carbocycles. The van der Waals surface area contributed by atoms with Crippen LogP contribution in [0.2, 0.25) is 0 Å². The third-order valence-electron chi connectivity index (χ3n) is 8.28. The van der Waals surface area contributed by atoms with E-state index in [1.54, 1.807) is 36.4 Å². The van der Waals surface area contributed by atoms with Crippen molar-refractivity contribution in [3.05, 3.63) is 119 Å². The molecule has 1 heterocycles. The minimum absolute atomic E-state index is 0.198. The molecule has 0 bridgehead atoms. The Labute approximate surface area is 244 Å². The normalized spacial score (nSPS) is 17.0. The molecule has 5 rings (SSSR count). The van der Waals surface area contributed by atoms with Crippen molar-refractivity contribution < 1.29 is 26.7 Å². The molecule has 0 amide bonds. The summed E-state index contributed by atoms with van der Waals surface area (Å²) in [4.78, 5) is 0. The largest absolute Gasteiger partial charge is 0.373 e. The van der Waals surface area contributed by atoms with Crippen LogP contribution in [0, 0.1) is 35.0 Å². The molecule has 1 aliphatic rings. The van der Waals surface area contributed by atoms with Crippen LogP contribution in [0.1, 0.15) is 68.2 Å². The van der Waals surface area contributed by atoms with Gasteiger partial charge in [0.15, 0.2) is 23.3 Å². The van der Waals surface area contributed by atoms with Crippen molar-refractivity contribution in [2.24, 2.45) is 5.92 Å². The van der Waals surface area contributed by atoms with E-state index in [-0.39, 0.29) is 22.3 Å². The lowest BCUT2D eigenvalue weighted by molar-refractivity contribution is -0.0218. The standard InChI is InChI=1S/C36H35F5O/c1-2-3-4-5-25-11-19-34(42-22-25)30-17-16-29(35(40)36(30)41)26-12-8-23(9-13-26)6-7-24-10-15-28(32(38)20-24)27-14-18-31(37)33(39)21-27/h8-10,12-18,20-21,25,34H,2-7,11,19,22H2,1H3. The Bertz CT molecular complexity index is 1510. The maximum Gasteiger partial charge on any atom is 0.167 e. The van der Waals surface area contributed by atoms with Gasteiger partial charge in [-0.25, -0.2) is 22.0 Å². The summed E-state index contributed by atoms with van der Waals surface area (Å²) in [5.41, 5.74) is 3.24. The Morgan fingerprint density at radius 1 is 0.643 bits per heavy atom. The third-order valence-corrected chi connectivity index (χ3v) is 8.28. The summed E-state index contributed by atoms with van der Waals surface area (Å²) < 4.78 is 77.8. The van der Waals surface area contributed by atoms with Crippen molar-refractivity contribution >= 4 is 0 Å². The molecular formula is C36H35F5O. The van der Waals surface area contributed by atoms with Crippen LogP contribution in [0.25, 0.3) is 22.3 Å². The van der Waals surface area contributed by atoms with Gasteiger partial charge in [-0.1, -0.05) is 80.8 Å². The fourth-order valence-electron chi connectivity index (χ4n) is 5.75. The summed E-state index contributed by atoms with van der Waals surface area (Å²) in [6.07, 6.45) is 7.08. The number of benzene rings is 4. The Hall–Kier alpha value is -3.51. The molecule has 42 heavy (non-hydrogen) atoms. The van der Waals surface area contributed by atoms with Crippen molar-refractivity contribution in [3.63, 3.8) is 0 Å². The lowest BCUT2D eigenvalue weighted by Crippen LogP contribution is -2.21. The number of rotatable bonds is 10. The SMILES string of the molecule is CCCCCC1CCC(c2ccc(-c3ccc(CCc4ccc(-c5ccc(F)c(F)c5)c(F)c4)cc3)c(F)c2F)OC1. The maximum atomic E-state index is 15.2. The van der Waals surface area contributed by atoms with E-state index in [9.17, 15) is 13.2 Å². The van der Waals surface area contributed by atoms with Gasteiger partial charge in [-0.15, -0.1) is 0 Å². The zero-order valence-corrected chi connectivity index (χ0v) is 23.7. The minimum Gasteiger partial charge on any atom is -0.373 e. The van der Waals surface area contributed by atoms with Crippen molar-refractivity contribution in [2.45, 2.75) is 64.4 Å². The molecule has 220 valence electrons. The predicted octanol–water partition coefficient (Wildman–Crippen LogP) is 10.5. The van der Waals surface area contributed by atoms with Gasteiger partial charge in [-0.3, -0.25) is 0 Å². The number of hydrogen-bond acceptors (Lipinski definition) is 1. The Kier molecular flexibility index (Phi) is 9.73. The highest BCUT2D eigenvalue weighted by Gasteiger charge is 2.27. The molecule has 1 nitrogen and oxygen atoms in total. The van der Waals surface area contributed by atoms with E-state index in [0.29, 0.717) is 37.4 Å². The van der Waals surface area contributed by atoms with Crippen molar-refractivity contribution in [3.8, 4) is 22.3 Å². The lowest BCUT2D eigenvalue weighted by Gasteiger charge is -2.29. The van der Waals surface area contributed by atoms with E-state index >= 15 is 8.78 Å². The van der Waals surface area contributed by atoms with Crippen LogP contribution in [0.5, 0.6) is 0 Å². The molecule has 4 aromatic carbocycles. The summed E-state index contributed by atoms with van der Waals surface area (Å²) in [6.45, 7) is 2.77. The molecule has 0 radical (unpaired) electrons. The quantitative estimate of drug-likeness (QED) is 0.134. The number of aryl methyl sites for hydroxylation is 2. The zero-order chi connectivity index (χ0) is 29.6. The number of unbranched alkanes of at least 4 members (excludes halogenated alkanes) is 2. The second-order valence-corrected chi connectivity index (χ2v) is 11.2. The first kappa shape index (κ1) is 30.0. The van der Waals surface area contributed by atoms with Crippen LogP contribution >= 0.6 is 0 Å². The summed E-state index contributed by atoms with van der Waals surface area (Å²) in [5, 5.41) is 0. The number of hydrogen-bond donors (Lipinski definition) is 0. The maximum absolute atomic E-state index is 15.2. The van der Waals surface area contributed by atoms with E-state index in [0.717, 1.165) is 36.1 Å². The fraction of sp³-hybridized carbons (Fsp3) is 0.333. The van der Waals surface area contributed by atoms with Gasteiger partial charge < -0.3 is 4.74 Å². The summed E-state index contributed by atoms with van der Waals surface area (Å²) in [7, 11) is 0. The van der Waals surface area contributed by atoms with Crippen molar-refractivity contribution in [1.82, 2.24) is 0 Å². The van der Waals surface area contributed by atoms with Gasteiger partial charge >= 0.3 is 0 Å². The highest BCUT2D eigenvalue weighted by molar-refractivity contribution is 5.66. The minimum atomic E-state index is -1.03.